The Labute approximate surface area is 121 Å². The maximum absolute atomic E-state index is 9.25. The van der Waals surface area contributed by atoms with Gasteiger partial charge in [0.15, 0.2) is 0 Å². The molecule has 2 N–H and O–H groups in total. The van der Waals surface area contributed by atoms with Crippen molar-refractivity contribution in [2.75, 3.05) is 18.1 Å². The van der Waals surface area contributed by atoms with Crippen LogP contribution in [0.3, 0.4) is 0 Å². The molecule has 1 heterocycles. The summed E-state index contributed by atoms with van der Waals surface area (Å²) in [7, 11) is 0. The van der Waals surface area contributed by atoms with Gasteiger partial charge in [-0.15, -0.1) is 0 Å². The molecule has 1 aromatic rings. The fourth-order valence-corrected chi connectivity index (χ4v) is 3.67. The van der Waals surface area contributed by atoms with Gasteiger partial charge in [-0.2, -0.15) is 11.8 Å². The third kappa shape index (κ3) is 5.45. The molecule has 0 saturated carbocycles. The number of phenols is 1. The second-order valence-corrected chi connectivity index (χ2v) is 6.79. The van der Waals surface area contributed by atoms with Gasteiger partial charge in [0.1, 0.15) is 5.75 Å². The minimum absolute atomic E-state index is 0.352. The lowest BCUT2D eigenvalue weighted by atomic mass is 10.0. The molecule has 1 fully saturated rings. The molecule has 0 bridgehead atoms. The molecular weight excluding hydrogens is 254 g/mol. The Morgan fingerprint density at radius 2 is 1.95 bits per heavy atom. The zero-order valence-electron chi connectivity index (χ0n) is 11.8. The Balaban J connectivity index is 1.63. The van der Waals surface area contributed by atoms with Gasteiger partial charge in [0.2, 0.25) is 0 Å². The standard InChI is InChI=1S/C16H25NOS/c1-13(17-12-15-8-10-19-11-9-15)2-3-14-4-6-16(18)7-5-14/h4-7,13,15,17-18H,2-3,8-12H2,1H3. The zero-order valence-corrected chi connectivity index (χ0v) is 12.6. The highest BCUT2D eigenvalue weighted by molar-refractivity contribution is 7.99. The molecule has 0 aromatic heterocycles. The van der Waals surface area contributed by atoms with Gasteiger partial charge in [-0.05, 0) is 74.3 Å². The first-order chi connectivity index (χ1) is 9.24. The number of hydrogen-bond acceptors (Lipinski definition) is 3. The summed E-state index contributed by atoms with van der Waals surface area (Å²) in [6.45, 7) is 3.45. The van der Waals surface area contributed by atoms with Crippen LogP contribution in [0, 0.1) is 5.92 Å². The van der Waals surface area contributed by atoms with Crippen LogP contribution in [0.5, 0.6) is 5.75 Å². The molecule has 1 aliphatic rings. The number of nitrogens with one attached hydrogen (secondary N) is 1. The van der Waals surface area contributed by atoms with Crippen molar-refractivity contribution in [3.63, 3.8) is 0 Å². The summed E-state index contributed by atoms with van der Waals surface area (Å²) in [4.78, 5) is 0. The van der Waals surface area contributed by atoms with Crippen LogP contribution in [0.1, 0.15) is 31.7 Å². The predicted molar refractivity (Wildman–Crippen MR) is 83.9 cm³/mol. The van der Waals surface area contributed by atoms with Gasteiger partial charge >= 0.3 is 0 Å². The van der Waals surface area contributed by atoms with Gasteiger partial charge < -0.3 is 10.4 Å². The average Bonchev–Trinajstić information content (AvgIpc) is 2.45. The summed E-state index contributed by atoms with van der Waals surface area (Å²) in [6.07, 6.45) is 4.99. The Bertz CT molecular complexity index is 360. The van der Waals surface area contributed by atoms with Gasteiger partial charge in [-0.1, -0.05) is 12.1 Å². The lowest BCUT2D eigenvalue weighted by Crippen LogP contribution is -2.32. The first-order valence-corrected chi connectivity index (χ1v) is 8.48. The maximum Gasteiger partial charge on any atom is 0.115 e. The van der Waals surface area contributed by atoms with E-state index in [9.17, 15) is 5.11 Å². The average molecular weight is 279 g/mol. The molecule has 0 amide bonds. The lowest BCUT2D eigenvalue weighted by Gasteiger charge is -2.23. The molecule has 2 rings (SSSR count). The molecule has 19 heavy (non-hydrogen) atoms. The quantitative estimate of drug-likeness (QED) is 0.836. The maximum atomic E-state index is 9.25. The Morgan fingerprint density at radius 3 is 2.63 bits per heavy atom. The van der Waals surface area contributed by atoms with E-state index in [1.165, 1.54) is 36.5 Å². The third-order valence-electron chi connectivity index (χ3n) is 3.90. The van der Waals surface area contributed by atoms with Crippen LogP contribution >= 0.6 is 11.8 Å². The van der Waals surface area contributed by atoms with Crippen molar-refractivity contribution in [3.8, 4) is 5.75 Å². The van der Waals surface area contributed by atoms with E-state index < -0.39 is 0 Å². The van der Waals surface area contributed by atoms with Crippen molar-refractivity contribution in [3.05, 3.63) is 29.8 Å². The third-order valence-corrected chi connectivity index (χ3v) is 4.95. The normalized spacial score (nSPS) is 18.4. The minimum atomic E-state index is 0.352. The summed E-state index contributed by atoms with van der Waals surface area (Å²) in [6, 6.07) is 8.14. The summed E-state index contributed by atoms with van der Waals surface area (Å²) in [5, 5.41) is 12.9. The highest BCUT2D eigenvalue weighted by atomic mass is 32.2. The van der Waals surface area contributed by atoms with Crippen LogP contribution in [0.2, 0.25) is 0 Å². The van der Waals surface area contributed by atoms with Crippen molar-refractivity contribution in [2.45, 2.75) is 38.6 Å². The van der Waals surface area contributed by atoms with E-state index >= 15 is 0 Å². The Hall–Kier alpha value is -0.670. The predicted octanol–water partition coefficient (Wildman–Crippen LogP) is 3.45. The van der Waals surface area contributed by atoms with Crippen LogP contribution in [0.15, 0.2) is 24.3 Å². The topological polar surface area (TPSA) is 32.3 Å². The van der Waals surface area contributed by atoms with E-state index in [2.05, 4.69) is 24.0 Å². The summed E-state index contributed by atoms with van der Waals surface area (Å²) < 4.78 is 0. The molecule has 1 unspecified atom stereocenters. The SMILES string of the molecule is CC(CCc1ccc(O)cc1)NCC1CCSCC1. The molecule has 1 aromatic carbocycles. The van der Waals surface area contributed by atoms with Crippen molar-refractivity contribution in [1.82, 2.24) is 5.32 Å². The van der Waals surface area contributed by atoms with Crippen molar-refractivity contribution in [2.24, 2.45) is 5.92 Å². The molecule has 106 valence electrons. The molecule has 1 aliphatic heterocycles. The minimum Gasteiger partial charge on any atom is -0.508 e. The van der Waals surface area contributed by atoms with E-state index in [4.69, 9.17) is 0 Å². The monoisotopic (exact) mass is 279 g/mol. The summed E-state index contributed by atoms with van der Waals surface area (Å²) in [5.41, 5.74) is 1.31. The van der Waals surface area contributed by atoms with E-state index in [1.807, 2.05) is 12.1 Å². The largest absolute Gasteiger partial charge is 0.508 e. The molecule has 2 nitrogen and oxygen atoms in total. The van der Waals surface area contributed by atoms with Gasteiger partial charge in [-0.25, -0.2) is 0 Å². The van der Waals surface area contributed by atoms with Crippen LogP contribution < -0.4 is 5.32 Å². The number of phenolic OH excluding ortho intramolecular Hbond substituents is 1. The molecule has 1 saturated heterocycles. The van der Waals surface area contributed by atoms with E-state index in [0.29, 0.717) is 11.8 Å². The van der Waals surface area contributed by atoms with Gasteiger partial charge in [0, 0.05) is 6.04 Å². The molecule has 0 spiro atoms. The van der Waals surface area contributed by atoms with Crippen LogP contribution in [0.25, 0.3) is 0 Å². The molecular formula is C16H25NOS. The van der Waals surface area contributed by atoms with E-state index in [-0.39, 0.29) is 0 Å². The van der Waals surface area contributed by atoms with Gasteiger partial charge in [0.25, 0.3) is 0 Å². The highest BCUT2D eigenvalue weighted by Gasteiger charge is 2.14. The number of thioether (sulfide) groups is 1. The fourth-order valence-electron chi connectivity index (χ4n) is 2.47. The number of hydrogen-bond donors (Lipinski definition) is 2. The number of rotatable bonds is 6. The Morgan fingerprint density at radius 1 is 1.26 bits per heavy atom. The van der Waals surface area contributed by atoms with Gasteiger partial charge in [0.05, 0.1) is 0 Å². The lowest BCUT2D eigenvalue weighted by molar-refractivity contribution is 0.406. The van der Waals surface area contributed by atoms with Crippen molar-refractivity contribution in [1.29, 1.82) is 0 Å². The molecule has 0 aliphatic carbocycles. The second kappa shape index (κ2) is 7.81. The summed E-state index contributed by atoms with van der Waals surface area (Å²) >= 11 is 2.09. The van der Waals surface area contributed by atoms with Crippen molar-refractivity contribution < 1.29 is 5.11 Å². The molecule has 1 atom stereocenters. The second-order valence-electron chi connectivity index (χ2n) is 5.57. The number of aryl methyl sites for hydroxylation is 1. The molecule has 0 radical (unpaired) electrons. The van der Waals surface area contributed by atoms with Crippen LogP contribution in [-0.2, 0) is 6.42 Å². The first kappa shape index (κ1) is 14.7. The highest BCUT2D eigenvalue weighted by Crippen LogP contribution is 2.22. The molecule has 3 heteroatoms. The van der Waals surface area contributed by atoms with Gasteiger partial charge in [-0.3, -0.25) is 0 Å². The van der Waals surface area contributed by atoms with E-state index in [1.54, 1.807) is 12.1 Å². The zero-order chi connectivity index (χ0) is 13.5. The Kier molecular flexibility index (Phi) is 6.05. The van der Waals surface area contributed by atoms with Crippen LogP contribution in [-0.4, -0.2) is 29.2 Å². The number of benzene rings is 1. The smallest absolute Gasteiger partial charge is 0.115 e. The first-order valence-electron chi connectivity index (χ1n) is 7.33. The van der Waals surface area contributed by atoms with Crippen LogP contribution in [0.4, 0.5) is 0 Å². The summed E-state index contributed by atoms with van der Waals surface area (Å²) in [5.74, 6) is 3.92. The fraction of sp³-hybridized carbons (Fsp3) is 0.625. The number of aromatic hydroxyl groups is 1. The van der Waals surface area contributed by atoms with E-state index in [0.717, 1.165) is 18.8 Å². The van der Waals surface area contributed by atoms with Crippen molar-refractivity contribution >= 4 is 11.8 Å².